The van der Waals surface area contributed by atoms with E-state index < -0.39 is 0 Å². The van der Waals surface area contributed by atoms with Crippen molar-refractivity contribution in [1.82, 2.24) is 0 Å². The van der Waals surface area contributed by atoms with Gasteiger partial charge in [-0.1, -0.05) is 25.5 Å². The third kappa shape index (κ3) is 2.24. The van der Waals surface area contributed by atoms with Gasteiger partial charge in [0.2, 0.25) is 0 Å². The molecular formula is C9H13NO. The zero-order chi connectivity index (χ0) is 8.10. The van der Waals surface area contributed by atoms with Gasteiger partial charge in [0.15, 0.2) is 0 Å². The molecule has 0 atom stereocenters. The fraction of sp³-hybridized carbons (Fsp3) is 0.333. The van der Waals surface area contributed by atoms with Crippen LogP contribution in [-0.4, -0.2) is 0 Å². The lowest BCUT2D eigenvalue weighted by Gasteiger charge is -2.00. The lowest BCUT2D eigenvalue weighted by molar-refractivity contribution is 0.334. The van der Waals surface area contributed by atoms with E-state index in [1.165, 1.54) is 5.56 Å². The highest BCUT2D eigenvalue weighted by Crippen LogP contribution is 2.12. The van der Waals surface area contributed by atoms with Gasteiger partial charge < -0.3 is 4.84 Å². The minimum absolute atomic E-state index is 0.732. The Labute approximate surface area is 66.9 Å². The highest BCUT2D eigenvalue weighted by Gasteiger charge is 1.93. The summed E-state index contributed by atoms with van der Waals surface area (Å²) in [6, 6.07) is 7.84. The quantitative estimate of drug-likeness (QED) is 0.669. The van der Waals surface area contributed by atoms with E-state index in [1.807, 2.05) is 18.2 Å². The lowest BCUT2D eigenvalue weighted by Crippen LogP contribution is -2.01. The molecule has 1 aromatic rings. The number of nitrogens with two attached hydrogens (primary N) is 1. The van der Waals surface area contributed by atoms with Gasteiger partial charge in [-0.2, -0.15) is 5.90 Å². The molecule has 0 amide bonds. The van der Waals surface area contributed by atoms with Crippen LogP contribution in [-0.2, 0) is 6.42 Å². The summed E-state index contributed by atoms with van der Waals surface area (Å²) in [5.74, 6) is 5.75. The summed E-state index contributed by atoms with van der Waals surface area (Å²) >= 11 is 0. The fourth-order valence-electron chi connectivity index (χ4n) is 1.06. The van der Waals surface area contributed by atoms with Gasteiger partial charge in [-0.05, 0) is 24.1 Å². The predicted octanol–water partition coefficient (Wildman–Crippen LogP) is 1.89. The first-order valence-electron chi connectivity index (χ1n) is 3.82. The first kappa shape index (κ1) is 8.08. The number of hydrogen-bond acceptors (Lipinski definition) is 2. The van der Waals surface area contributed by atoms with Crippen molar-refractivity contribution in [2.24, 2.45) is 5.90 Å². The van der Waals surface area contributed by atoms with Crippen LogP contribution in [0.5, 0.6) is 5.75 Å². The molecule has 11 heavy (non-hydrogen) atoms. The third-order valence-corrected chi connectivity index (χ3v) is 1.57. The highest BCUT2D eigenvalue weighted by molar-refractivity contribution is 5.28. The molecule has 0 radical (unpaired) electrons. The van der Waals surface area contributed by atoms with Crippen LogP contribution in [0.2, 0.25) is 0 Å². The van der Waals surface area contributed by atoms with Gasteiger partial charge in [0, 0.05) is 0 Å². The summed E-state index contributed by atoms with van der Waals surface area (Å²) in [4.78, 5) is 4.60. The van der Waals surface area contributed by atoms with Gasteiger partial charge >= 0.3 is 0 Å². The maximum absolute atomic E-state index is 5.01. The molecule has 2 N–H and O–H groups in total. The van der Waals surface area contributed by atoms with E-state index in [-0.39, 0.29) is 0 Å². The van der Waals surface area contributed by atoms with E-state index in [9.17, 15) is 0 Å². The van der Waals surface area contributed by atoms with Crippen LogP contribution in [0, 0.1) is 0 Å². The summed E-state index contributed by atoms with van der Waals surface area (Å²) in [6.45, 7) is 2.15. The van der Waals surface area contributed by atoms with Gasteiger partial charge in [0.05, 0.1) is 0 Å². The Kier molecular flexibility index (Phi) is 2.93. The molecule has 0 unspecified atom stereocenters. The first-order valence-corrected chi connectivity index (χ1v) is 3.82. The van der Waals surface area contributed by atoms with Crippen molar-refractivity contribution in [3.63, 3.8) is 0 Å². The molecule has 0 spiro atoms. The van der Waals surface area contributed by atoms with E-state index in [2.05, 4.69) is 17.8 Å². The van der Waals surface area contributed by atoms with Gasteiger partial charge in [-0.25, -0.2) is 0 Å². The molecule has 1 aromatic carbocycles. The Morgan fingerprint density at radius 1 is 1.45 bits per heavy atom. The second kappa shape index (κ2) is 3.98. The van der Waals surface area contributed by atoms with E-state index in [0.29, 0.717) is 0 Å². The molecule has 0 fully saturated rings. The van der Waals surface area contributed by atoms with E-state index in [0.717, 1.165) is 18.6 Å². The summed E-state index contributed by atoms with van der Waals surface area (Å²) in [5, 5.41) is 0. The average Bonchev–Trinajstić information content (AvgIpc) is 2.06. The molecule has 0 aliphatic carbocycles. The summed E-state index contributed by atoms with van der Waals surface area (Å²) in [6.07, 6.45) is 2.23. The van der Waals surface area contributed by atoms with Crippen molar-refractivity contribution >= 4 is 0 Å². The Balaban J connectivity index is 2.74. The second-order valence-corrected chi connectivity index (χ2v) is 2.52. The second-order valence-electron chi connectivity index (χ2n) is 2.52. The Bertz CT molecular complexity index is 223. The normalized spacial score (nSPS) is 9.64. The van der Waals surface area contributed by atoms with Crippen molar-refractivity contribution in [3.05, 3.63) is 29.8 Å². The first-order chi connectivity index (χ1) is 5.36. The van der Waals surface area contributed by atoms with E-state index in [1.54, 1.807) is 0 Å². The third-order valence-electron chi connectivity index (χ3n) is 1.57. The van der Waals surface area contributed by atoms with Gasteiger partial charge in [0.1, 0.15) is 5.75 Å². The van der Waals surface area contributed by atoms with Gasteiger partial charge in [-0.3, -0.25) is 0 Å². The highest BCUT2D eigenvalue weighted by atomic mass is 16.6. The minimum atomic E-state index is 0.732. The molecule has 60 valence electrons. The molecule has 0 heterocycles. The summed E-state index contributed by atoms with van der Waals surface area (Å²) < 4.78 is 0. The topological polar surface area (TPSA) is 35.2 Å². The Morgan fingerprint density at radius 2 is 2.27 bits per heavy atom. The van der Waals surface area contributed by atoms with Crippen LogP contribution in [0.1, 0.15) is 18.9 Å². The standard InChI is InChI=1S/C9H13NO/c1-2-4-8-5-3-6-9(7-8)11-10/h3,5-7H,2,4,10H2,1H3. The van der Waals surface area contributed by atoms with E-state index in [4.69, 9.17) is 5.90 Å². The molecule has 0 aliphatic rings. The van der Waals surface area contributed by atoms with Crippen LogP contribution >= 0.6 is 0 Å². The zero-order valence-corrected chi connectivity index (χ0v) is 6.71. The van der Waals surface area contributed by atoms with Crippen LogP contribution in [0.15, 0.2) is 24.3 Å². The molecule has 0 bridgehead atoms. The van der Waals surface area contributed by atoms with Crippen LogP contribution in [0.4, 0.5) is 0 Å². The zero-order valence-electron chi connectivity index (χ0n) is 6.71. The fourth-order valence-corrected chi connectivity index (χ4v) is 1.06. The number of rotatable bonds is 3. The average molecular weight is 151 g/mol. The number of benzene rings is 1. The molecule has 2 nitrogen and oxygen atoms in total. The van der Waals surface area contributed by atoms with Crippen LogP contribution in [0.3, 0.4) is 0 Å². The van der Waals surface area contributed by atoms with Gasteiger partial charge in [0.25, 0.3) is 0 Å². The molecular weight excluding hydrogens is 138 g/mol. The van der Waals surface area contributed by atoms with Crippen LogP contribution in [0.25, 0.3) is 0 Å². The number of aryl methyl sites for hydroxylation is 1. The van der Waals surface area contributed by atoms with Crippen molar-refractivity contribution in [3.8, 4) is 5.75 Å². The summed E-state index contributed by atoms with van der Waals surface area (Å²) in [5.41, 5.74) is 1.27. The SMILES string of the molecule is CCCc1cccc(ON)c1. The van der Waals surface area contributed by atoms with Crippen molar-refractivity contribution in [2.45, 2.75) is 19.8 Å². The smallest absolute Gasteiger partial charge is 0.147 e. The molecule has 0 saturated carbocycles. The molecule has 2 heteroatoms. The maximum atomic E-state index is 5.01. The molecule has 1 rings (SSSR count). The molecule has 0 aliphatic heterocycles. The van der Waals surface area contributed by atoms with Crippen LogP contribution < -0.4 is 10.7 Å². The minimum Gasteiger partial charge on any atom is -0.412 e. The van der Waals surface area contributed by atoms with Gasteiger partial charge in [-0.15, -0.1) is 0 Å². The van der Waals surface area contributed by atoms with E-state index >= 15 is 0 Å². The maximum Gasteiger partial charge on any atom is 0.147 e. The molecule has 0 aromatic heterocycles. The summed E-state index contributed by atoms with van der Waals surface area (Å²) in [7, 11) is 0. The Morgan fingerprint density at radius 3 is 2.91 bits per heavy atom. The lowest BCUT2D eigenvalue weighted by atomic mass is 10.1. The predicted molar refractivity (Wildman–Crippen MR) is 45.3 cm³/mol. The molecule has 0 saturated heterocycles. The van der Waals surface area contributed by atoms with Crippen molar-refractivity contribution in [2.75, 3.05) is 0 Å². The van der Waals surface area contributed by atoms with Crippen molar-refractivity contribution in [1.29, 1.82) is 0 Å². The largest absolute Gasteiger partial charge is 0.412 e. The Hall–Kier alpha value is -1.02. The number of hydrogen-bond donors (Lipinski definition) is 1. The van der Waals surface area contributed by atoms with Crippen molar-refractivity contribution < 1.29 is 4.84 Å². The monoisotopic (exact) mass is 151 g/mol.